The molecule has 0 saturated heterocycles. The van der Waals surface area contributed by atoms with Crippen molar-refractivity contribution in [1.29, 1.82) is 0 Å². The lowest BCUT2D eigenvalue weighted by atomic mass is 10.3. The van der Waals surface area contributed by atoms with Gasteiger partial charge >= 0.3 is 0 Å². The van der Waals surface area contributed by atoms with E-state index in [1.807, 2.05) is 18.2 Å². The quantitative estimate of drug-likeness (QED) is 0.669. The first kappa shape index (κ1) is 10.7. The maximum Gasteiger partial charge on any atom is 0.155 e. The molecule has 0 unspecified atom stereocenters. The number of halogens is 1. The van der Waals surface area contributed by atoms with Crippen molar-refractivity contribution in [3.05, 3.63) is 54.3 Å². The van der Waals surface area contributed by atoms with E-state index in [2.05, 4.69) is 11.1 Å². The molecule has 3 aromatic rings. The Morgan fingerprint density at radius 3 is 2.53 bits per heavy atom. The van der Waals surface area contributed by atoms with Crippen molar-refractivity contribution >= 4 is 33.3 Å². The van der Waals surface area contributed by atoms with Crippen molar-refractivity contribution < 1.29 is 4.39 Å². The lowest BCUT2D eigenvalue weighted by Gasteiger charge is -1.95. The van der Waals surface area contributed by atoms with Gasteiger partial charge in [0.05, 0.1) is 10.2 Å². The van der Waals surface area contributed by atoms with E-state index >= 15 is 0 Å². The molecular formula is C13H8FNS2. The summed E-state index contributed by atoms with van der Waals surface area (Å²) in [6.45, 7) is 0. The average molecular weight is 261 g/mol. The van der Waals surface area contributed by atoms with Gasteiger partial charge in [0.15, 0.2) is 4.34 Å². The highest BCUT2D eigenvalue weighted by Gasteiger charge is 2.04. The van der Waals surface area contributed by atoms with Gasteiger partial charge in [0.2, 0.25) is 0 Å². The van der Waals surface area contributed by atoms with Gasteiger partial charge in [-0.15, -0.1) is 11.3 Å². The number of thiazole rings is 1. The van der Waals surface area contributed by atoms with Gasteiger partial charge in [-0.2, -0.15) is 0 Å². The van der Waals surface area contributed by atoms with Gasteiger partial charge in [0, 0.05) is 4.90 Å². The van der Waals surface area contributed by atoms with Crippen LogP contribution in [-0.4, -0.2) is 4.98 Å². The standard InChI is InChI=1S/C13H8FNS2/c14-9-5-7-10(8-6-9)16-13-15-11-3-1-2-4-12(11)17-13/h1-8H. The number of rotatable bonds is 2. The molecule has 0 saturated carbocycles. The van der Waals surface area contributed by atoms with Crippen LogP contribution >= 0.6 is 23.1 Å². The molecule has 0 amide bonds. The molecule has 0 spiro atoms. The molecule has 1 aromatic heterocycles. The van der Waals surface area contributed by atoms with Crippen LogP contribution in [-0.2, 0) is 0 Å². The molecule has 1 nitrogen and oxygen atoms in total. The molecule has 0 aliphatic heterocycles. The summed E-state index contributed by atoms with van der Waals surface area (Å²) in [5.41, 5.74) is 1.02. The monoisotopic (exact) mass is 261 g/mol. The first-order valence-corrected chi connectivity index (χ1v) is 6.73. The fourth-order valence-corrected chi connectivity index (χ4v) is 3.54. The van der Waals surface area contributed by atoms with E-state index in [-0.39, 0.29) is 5.82 Å². The molecular weight excluding hydrogens is 253 g/mol. The molecule has 0 aliphatic rings. The van der Waals surface area contributed by atoms with Crippen LogP contribution in [0, 0.1) is 5.82 Å². The molecule has 0 fully saturated rings. The van der Waals surface area contributed by atoms with Crippen LogP contribution in [0.3, 0.4) is 0 Å². The third-order valence-electron chi connectivity index (χ3n) is 2.29. The predicted octanol–water partition coefficient (Wildman–Crippen LogP) is 4.59. The topological polar surface area (TPSA) is 12.9 Å². The van der Waals surface area contributed by atoms with Crippen molar-refractivity contribution in [3.63, 3.8) is 0 Å². The Labute approximate surface area is 106 Å². The molecule has 4 heteroatoms. The second kappa shape index (κ2) is 4.47. The number of benzene rings is 2. The third-order valence-corrected chi connectivity index (χ3v) is 4.40. The molecule has 0 bridgehead atoms. The Kier molecular flexibility index (Phi) is 2.82. The molecule has 1 heterocycles. The minimum Gasteiger partial charge on any atom is -0.229 e. The summed E-state index contributed by atoms with van der Waals surface area (Å²) in [7, 11) is 0. The number of aromatic nitrogens is 1. The number of hydrogen-bond acceptors (Lipinski definition) is 3. The molecule has 0 radical (unpaired) electrons. The smallest absolute Gasteiger partial charge is 0.155 e. The zero-order chi connectivity index (χ0) is 11.7. The van der Waals surface area contributed by atoms with E-state index in [0.29, 0.717) is 0 Å². The number of para-hydroxylation sites is 1. The summed E-state index contributed by atoms with van der Waals surface area (Å²) in [5, 5.41) is 0. The van der Waals surface area contributed by atoms with Crippen molar-refractivity contribution in [3.8, 4) is 0 Å². The zero-order valence-corrected chi connectivity index (χ0v) is 10.4. The predicted molar refractivity (Wildman–Crippen MR) is 70.1 cm³/mol. The normalized spacial score (nSPS) is 10.9. The highest BCUT2D eigenvalue weighted by molar-refractivity contribution is 8.01. The van der Waals surface area contributed by atoms with E-state index in [9.17, 15) is 4.39 Å². The molecule has 0 aliphatic carbocycles. The number of fused-ring (bicyclic) bond motifs is 1. The second-order valence-corrected chi connectivity index (χ2v) is 5.85. The van der Waals surface area contributed by atoms with Gasteiger partial charge in [0.1, 0.15) is 5.82 Å². The molecule has 0 N–H and O–H groups in total. The minimum atomic E-state index is -0.210. The fourth-order valence-electron chi connectivity index (χ4n) is 1.50. The Bertz CT molecular complexity index is 613. The molecule has 3 rings (SSSR count). The van der Waals surface area contributed by atoms with E-state index in [0.717, 1.165) is 14.8 Å². The summed E-state index contributed by atoms with van der Waals surface area (Å²) in [6.07, 6.45) is 0. The van der Waals surface area contributed by atoms with Gasteiger partial charge in [-0.25, -0.2) is 9.37 Å². The van der Waals surface area contributed by atoms with Crippen LogP contribution in [0.15, 0.2) is 57.8 Å². The SMILES string of the molecule is Fc1ccc(Sc2nc3ccccc3s2)cc1. The van der Waals surface area contributed by atoms with Crippen LogP contribution in [0.2, 0.25) is 0 Å². The van der Waals surface area contributed by atoms with E-state index in [1.54, 1.807) is 35.2 Å². The maximum atomic E-state index is 12.8. The highest BCUT2D eigenvalue weighted by atomic mass is 32.2. The van der Waals surface area contributed by atoms with E-state index in [1.165, 1.54) is 16.8 Å². The van der Waals surface area contributed by atoms with Crippen molar-refractivity contribution in [1.82, 2.24) is 4.98 Å². The van der Waals surface area contributed by atoms with Gasteiger partial charge in [-0.1, -0.05) is 23.9 Å². The fraction of sp³-hybridized carbons (Fsp3) is 0. The summed E-state index contributed by atoms with van der Waals surface area (Å²) in [5.74, 6) is -0.210. The van der Waals surface area contributed by atoms with Gasteiger partial charge in [0.25, 0.3) is 0 Å². The Morgan fingerprint density at radius 1 is 1.00 bits per heavy atom. The van der Waals surface area contributed by atoms with Crippen LogP contribution in [0.25, 0.3) is 10.2 Å². The molecule has 17 heavy (non-hydrogen) atoms. The molecule has 84 valence electrons. The number of hydrogen-bond donors (Lipinski definition) is 0. The lowest BCUT2D eigenvalue weighted by Crippen LogP contribution is -1.74. The summed E-state index contributed by atoms with van der Waals surface area (Å²) < 4.78 is 14.9. The molecule has 0 atom stereocenters. The van der Waals surface area contributed by atoms with Crippen LogP contribution in [0.1, 0.15) is 0 Å². The Morgan fingerprint density at radius 2 is 1.76 bits per heavy atom. The summed E-state index contributed by atoms with van der Waals surface area (Å²) in [4.78, 5) is 5.52. The zero-order valence-electron chi connectivity index (χ0n) is 8.76. The summed E-state index contributed by atoms with van der Waals surface area (Å²) >= 11 is 3.22. The number of nitrogens with zero attached hydrogens (tertiary/aromatic N) is 1. The maximum absolute atomic E-state index is 12.8. The van der Waals surface area contributed by atoms with Gasteiger partial charge in [-0.05, 0) is 36.4 Å². The lowest BCUT2D eigenvalue weighted by molar-refractivity contribution is 0.626. The molecule has 2 aromatic carbocycles. The third kappa shape index (κ3) is 2.33. The second-order valence-electron chi connectivity index (χ2n) is 3.50. The van der Waals surface area contributed by atoms with E-state index < -0.39 is 0 Å². The minimum absolute atomic E-state index is 0.210. The van der Waals surface area contributed by atoms with Crippen molar-refractivity contribution in [2.45, 2.75) is 9.24 Å². The largest absolute Gasteiger partial charge is 0.229 e. The first-order chi connectivity index (χ1) is 8.31. The van der Waals surface area contributed by atoms with E-state index in [4.69, 9.17) is 0 Å². The van der Waals surface area contributed by atoms with Crippen LogP contribution in [0.5, 0.6) is 0 Å². The average Bonchev–Trinajstić information content (AvgIpc) is 2.74. The summed E-state index contributed by atoms with van der Waals surface area (Å²) in [6, 6.07) is 14.5. The van der Waals surface area contributed by atoms with Gasteiger partial charge < -0.3 is 0 Å². The highest BCUT2D eigenvalue weighted by Crippen LogP contribution is 2.34. The van der Waals surface area contributed by atoms with Crippen LogP contribution < -0.4 is 0 Å². The Hall–Kier alpha value is -1.39. The van der Waals surface area contributed by atoms with Crippen LogP contribution in [0.4, 0.5) is 4.39 Å². The first-order valence-electron chi connectivity index (χ1n) is 5.10. The Balaban J connectivity index is 1.92. The van der Waals surface area contributed by atoms with Crippen molar-refractivity contribution in [2.75, 3.05) is 0 Å². The van der Waals surface area contributed by atoms with Gasteiger partial charge in [-0.3, -0.25) is 0 Å². The van der Waals surface area contributed by atoms with Crippen molar-refractivity contribution in [2.24, 2.45) is 0 Å².